The summed E-state index contributed by atoms with van der Waals surface area (Å²) in [4.78, 5) is 11.5. The third kappa shape index (κ3) is 4.76. The van der Waals surface area contributed by atoms with Gasteiger partial charge in [-0.3, -0.25) is 0 Å². The van der Waals surface area contributed by atoms with Gasteiger partial charge in [-0.15, -0.1) is 0 Å². The quantitative estimate of drug-likeness (QED) is 0.543. The maximum absolute atomic E-state index is 13.2. The van der Waals surface area contributed by atoms with E-state index in [4.69, 9.17) is 9.47 Å². The van der Waals surface area contributed by atoms with E-state index >= 15 is 0 Å². The van der Waals surface area contributed by atoms with Gasteiger partial charge in [0.2, 0.25) is 0 Å². The van der Waals surface area contributed by atoms with Gasteiger partial charge in [-0.05, 0) is 59.3 Å². The molecular weight excluding hydrogens is 337 g/mol. The molecule has 3 atom stereocenters. The first kappa shape index (κ1) is 22.0. The summed E-state index contributed by atoms with van der Waals surface area (Å²) in [6.45, 7) is 10.3. The minimum atomic E-state index is -4.81. The van der Waals surface area contributed by atoms with Crippen molar-refractivity contribution in [2.45, 2.75) is 83.3 Å². The molecule has 1 rings (SSSR count). The molecule has 0 aromatic carbocycles. The van der Waals surface area contributed by atoms with E-state index in [1.807, 2.05) is 6.92 Å². The maximum Gasteiger partial charge on any atom is 0.419 e. The summed E-state index contributed by atoms with van der Waals surface area (Å²) < 4.78 is 50.6. The van der Waals surface area contributed by atoms with Crippen LogP contribution in [0.5, 0.6) is 0 Å². The second-order valence-corrected chi connectivity index (χ2v) is 7.71. The van der Waals surface area contributed by atoms with Crippen molar-refractivity contribution in [2.24, 2.45) is 5.92 Å². The predicted molar refractivity (Wildman–Crippen MR) is 88.0 cm³/mol. The molecule has 0 bridgehead atoms. The highest BCUT2D eigenvalue weighted by atomic mass is 19.4. The van der Waals surface area contributed by atoms with Gasteiger partial charge < -0.3 is 14.6 Å². The summed E-state index contributed by atoms with van der Waals surface area (Å²) in [6.07, 6.45) is -2.59. The largest absolute Gasteiger partial charge is 0.462 e. The number of esters is 1. The minimum absolute atomic E-state index is 0.00915. The van der Waals surface area contributed by atoms with Gasteiger partial charge in [-0.2, -0.15) is 13.2 Å². The molecule has 7 heteroatoms. The number of aliphatic hydroxyl groups is 1. The highest BCUT2D eigenvalue weighted by Gasteiger charge is 2.62. The number of hydrogen-bond donors (Lipinski definition) is 1. The SMILES string of the molecule is C=C(C)C(=O)OCC1CCC(CC)(OC(C)(C)C(C)(O)C(F)(F)F)C1. The van der Waals surface area contributed by atoms with Gasteiger partial charge >= 0.3 is 12.1 Å². The summed E-state index contributed by atoms with van der Waals surface area (Å²) in [5.41, 5.74) is -5.27. The highest BCUT2D eigenvalue weighted by molar-refractivity contribution is 5.86. The van der Waals surface area contributed by atoms with Gasteiger partial charge in [0.15, 0.2) is 5.60 Å². The Morgan fingerprint density at radius 1 is 1.32 bits per heavy atom. The van der Waals surface area contributed by atoms with Gasteiger partial charge in [-0.1, -0.05) is 13.5 Å². The van der Waals surface area contributed by atoms with Crippen LogP contribution in [0.1, 0.15) is 60.3 Å². The molecule has 0 aliphatic heterocycles. The average Bonchev–Trinajstić information content (AvgIpc) is 2.86. The summed E-state index contributed by atoms with van der Waals surface area (Å²) >= 11 is 0. The number of hydrogen-bond acceptors (Lipinski definition) is 4. The Hall–Kier alpha value is -1.08. The molecule has 0 saturated heterocycles. The third-order valence-electron chi connectivity index (χ3n) is 5.31. The fourth-order valence-corrected chi connectivity index (χ4v) is 3.12. The molecule has 0 aromatic rings. The fourth-order valence-electron chi connectivity index (χ4n) is 3.12. The first-order chi connectivity index (χ1) is 11.2. The van der Waals surface area contributed by atoms with Crippen molar-refractivity contribution >= 4 is 5.97 Å². The molecule has 1 saturated carbocycles. The number of halogens is 3. The minimum Gasteiger partial charge on any atom is -0.462 e. The topological polar surface area (TPSA) is 55.8 Å². The van der Waals surface area contributed by atoms with E-state index in [2.05, 4.69) is 6.58 Å². The zero-order valence-corrected chi connectivity index (χ0v) is 15.6. The van der Waals surface area contributed by atoms with Crippen LogP contribution < -0.4 is 0 Å². The second-order valence-electron chi connectivity index (χ2n) is 7.71. The zero-order chi connectivity index (χ0) is 19.7. The lowest BCUT2D eigenvalue weighted by Crippen LogP contribution is -2.61. The van der Waals surface area contributed by atoms with E-state index in [1.165, 1.54) is 13.8 Å². The number of carbonyl (C=O) groups excluding carboxylic acids is 1. The number of ether oxygens (including phenoxy) is 2. The molecule has 1 N–H and O–H groups in total. The van der Waals surface area contributed by atoms with Gasteiger partial charge in [0, 0.05) is 5.57 Å². The van der Waals surface area contributed by atoms with Crippen molar-refractivity contribution in [3.63, 3.8) is 0 Å². The van der Waals surface area contributed by atoms with E-state index < -0.39 is 28.9 Å². The molecule has 146 valence electrons. The van der Waals surface area contributed by atoms with Crippen molar-refractivity contribution in [1.29, 1.82) is 0 Å². The van der Waals surface area contributed by atoms with Crippen molar-refractivity contribution in [1.82, 2.24) is 0 Å². The second kappa shape index (κ2) is 7.27. The molecule has 25 heavy (non-hydrogen) atoms. The van der Waals surface area contributed by atoms with Crippen molar-refractivity contribution in [2.75, 3.05) is 6.61 Å². The summed E-state index contributed by atoms with van der Waals surface area (Å²) in [6, 6.07) is 0. The highest BCUT2D eigenvalue weighted by Crippen LogP contribution is 2.47. The summed E-state index contributed by atoms with van der Waals surface area (Å²) in [5, 5.41) is 10.0. The van der Waals surface area contributed by atoms with Crippen molar-refractivity contribution < 1.29 is 32.5 Å². The van der Waals surface area contributed by atoms with Crippen LogP contribution in [0.3, 0.4) is 0 Å². The molecule has 4 nitrogen and oxygen atoms in total. The Kier molecular flexibility index (Phi) is 6.39. The lowest BCUT2D eigenvalue weighted by molar-refractivity contribution is -0.329. The monoisotopic (exact) mass is 366 g/mol. The Bertz CT molecular complexity index is 511. The first-order valence-corrected chi connectivity index (χ1v) is 8.49. The number of alkyl halides is 3. The van der Waals surface area contributed by atoms with Crippen LogP contribution in [0.15, 0.2) is 12.2 Å². The summed E-state index contributed by atoms with van der Waals surface area (Å²) in [5.74, 6) is -0.467. The summed E-state index contributed by atoms with van der Waals surface area (Å²) in [7, 11) is 0. The molecule has 1 aliphatic rings. The zero-order valence-electron chi connectivity index (χ0n) is 15.6. The Labute approximate surface area is 147 Å². The predicted octanol–water partition coefficient (Wildman–Crippen LogP) is 4.16. The number of rotatable bonds is 7. The maximum atomic E-state index is 13.2. The van der Waals surface area contributed by atoms with E-state index in [-0.39, 0.29) is 12.5 Å². The molecule has 0 aromatic heterocycles. The molecule has 0 heterocycles. The van der Waals surface area contributed by atoms with Crippen LogP contribution in [0.4, 0.5) is 13.2 Å². The van der Waals surface area contributed by atoms with E-state index in [9.17, 15) is 23.1 Å². The van der Waals surface area contributed by atoms with Crippen LogP contribution in [0, 0.1) is 5.92 Å². The van der Waals surface area contributed by atoms with Crippen LogP contribution in [0.2, 0.25) is 0 Å². The van der Waals surface area contributed by atoms with Gasteiger partial charge in [-0.25, -0.2) is 4.79 Å². The normalized spacial score (nSPS) is 27.0. The molecule has 0 spiro atoms. The smallest absolute Gasteiger partial charge is 0.419 e. The van der Waals surface area contributed by atoms with Crippen LogP contribution in [-0.2, 0) is 14.3 Å². The number of carbonyl (C=O) groups is 1. The van der Waals surface area contributed by atoms with Gasteiger partial charge in [0.1, 0.15) is 5.60 Å². The van der Waals surface area contributed by atoms with E-state index in [1.54, 1.807) is 6.92 Å². The molecule has 1 fully saturated rings. The molecule has 0 radical (unpaired) electrons. The van der Waals surface area contributed by atoms with E-state index in [0.717, 1.165) is 6.92 Å². The molecule has 1 aliphatic carbocycles. The lowest BCUT2D eigenvalue weighted by Gasteiger charge is -2.46. The molecule has 0 amide bonds. The Morgan fingerprint density at radius 3 is 2.32 bits per heavy atom. The Balaban J connectivity index is 2.82. The fraction of sp³-hybridized carbons (Fsp3) is 0.833. The van der Waals surface area contributed by atoms with Crippen LogP contribution >= 0.6 is 0 Å². The standard InChI is InChI=1S/C18H29F3O4/c1-7-17(25-15(4,5)16(6,23)18(19,20)21)9-8-13(10-17)11-24-14(22)12(2)3/h13,23H,2,7-11H2,1,3-6H3. The molecular formula is C18H29F3O4. The van der Waals surface area contributed by atoms with Crippen molar-refractivity contribution in [3.8, 4) is 0 Å². The van der Waals surface area contributed by atoms with Crippen LogP contribution in [-0.4, -0.2) is 40.7 Å². The Morgan fingerprint density at radius 2 is 1.88 bits per heavy atom. The van der Waals surface area contributed by atoms with Gasteiger partial charge in [0.25, 0.3) is 0 Å². The van der Waals surface area contributed by atoms with E-state index in [0.29, 0.717) is 31.3 Å². The third-order valence-corrected chi connectivity index (χ3v) is 5.31. The van der Waals surface area contributed by atoms with Crippen LogP contribution in [0.25, 0.3) is 0 Å². The first-order valence-electron chi connectivity index (χ1n) is 8.49. The average molecular weight is 366 g/mol. The molecule has 3 unspecified atom stereocenters. The lowest BCUT2D eigenvalue weighted by atomic mass is 9.84. The van der Waals surface area contributed by atoms with Crippen molar-refractivity contribution in [3.05, 3.63) is 12.2 Å². The van der Waals surface area contributed by atoms with Gasteiger partial charge in [0.05, 0.1) is 12.2 Å².